The minimum Gasteiger partial charge on any atom is -0.475 e. The van der Waals surface area contributed by atoms with Crippen molar-refractivity contribution in [2.75, 3.05) is 31.1 Å². The lowest BCUT2D eigenvalue weighted by Gasteiger charge is -2.34. The molecular weight excluding hydrogens is 488 g/mol. The van der Waals surface area contributed by atoms with Crippen molar-refractivity contribution in [2.45, 2.75) is 12.7 Å². The van der Waals surface area contributed by atoms with E-state index in [1.54, 1.807) is 29.8 Å². The molecule has 0 unspecified atom stereocenters. The molecule has 184 valence electrons. The van der Waals surface area contributed by atoms with E-state index in [-0.39, 0.29) is 5.82 Å². The number of fused-ring (bicyclic) bond motifs is 1. The van der Waals surface area contributed by atoms with Crippen LogP contribution in [-0.2, 0) is 11.3 Å². The lowest BCUT2D eigenvalue weighted by Crippen LogP contribution is -2.46. The lowest BCUT2D eigenvalue weighted by atomic mass is 10.1. The van der Waals surface area contributed by atoms with Gasteiger partial charge in [0.2, 0.25) is 0 Å². The predicted molar refractivity (Wildman–Crippen MR) is 122 cm³/mol. The van der Waals surface area contributed by atoms with Gasteiger partial charge in [-0.1, -0.05) is 12.1 Å². The average molecular weight is 509 g/mol. The first-order valence-corrected chi connectivity index (χ1v) is 11.3. The molecule has 1 aromatic carbocycles. The third kappa shape index (κ3) is 5.92. The Morgan fingerprint density at radius 2 is 1.83 bits per heavy atom. The minimum absolute atomic E-state index is 0.252. The number of hydrogen-bond acceptors (Lipinski definition) is 7. The van der Waals surface area contributed by atoms with Gasteiger partial charge in [-0.2, -0.15) is 13.2 Å². The molecule has 0 spiro atoms. The van der Waals surface area contributed by atoms with E-state index >= 15 is 0 Å². The summed E-state index contributed by atoms with van der Waals surface area (Å²) in [7, 11) is 0. The summed E-state index contributed by atoms with van der Waals surface area (Å²) in [6, 6.07) is 6.59. The molecule has 0 aliphatic carbocycles. The van der Waals surface area contributed by atoms with Crippen LogP contribution < -0.4 is 4.90 Å². The monoisotopic (exact) mass is 508 g/mol. The zero-order chi connectivity index (χ0) is 25.0. The summed E-state index contributed by atoms with van der Waals surface area (Å²) in [5.74, 6) is -2.13. The van der Waals surface area contributed by atoms with Crippen LogP contribution in [0.25, 0.3) is 16.9 Å². The number of alkyl halides is 3. The van der Waals surface area contributed by atoms with Crippen molar-refractivity contribution < 1.29 is 27.5 Å². The van der Waals surface area contributed by atoms with E-state index in [1.807, 2.05) is 28.2 Å². The number of halogens is 4. The van der Waals surface area contributed by atoms with Gasteiger partial charge in [-0.25, -0.2) is 24.1 Å². The number of thiazole rings is 1. The summed E-state index contributed by atoms with van der Waals surface area (Å²) in [4.78, 5) is 27.2. The van der Waals surface area contributed by atoms with Crippen molar-refractivity contribution >= 4 is 28.8 Å². The Hall–Kier alpha value is -3.58. The normalized spacial score (nSPS) is 14.6. The first-order chi connectivity index (χ1) is 16.7. The van der Waals surface area contributed by atoms with Crippen LogP contribution in [0.5, 0.6) is 0 Å². The molecule has 13 heteroatoms. The number of imidazole rings is 1. The molecule has 8 nitrogen and oxygen atoms in total. The van der Waals surface area contributed by atoms with Crippen LogP contribution in [0.3, 0.4) is 0 Å². The number of carboxylic acids is 1. The van der Waals surface area contributed by atoms with Crippen LogP contribution in [0.15, 0.2) is 54.4 Å². The standard InChI is InChI=1S/C20H19FN6S.C2HF3O2/c21-16-3-1-2-15(12-16)17-13-24-20-19(23-4-6-27(17)20)26-9-7-25(8-10-26)14-18-22-5-11-28-18;3-2(4,5)1(6)7/h1-6,11-13H,7-10,14H2;(H,6,7). The van der Waals surface area contributed by atoms with E-state index in [9.17, 15) is 17.6 Å². The predicted octanol–water partition coefficient (Wildman–Crippen LogP) is 3.95. The number of carbonyl (C=O) groups is 1. The number of rotatable bonds is 4. The van der Waals surface area contributed by atoms with Crippen molar-refractivity contribution in [1.82, 2.24) is 24.3 Å². The van der Waals surface area contributed by atoms with Gasteiger partial charge >= 0.3 is 12.1 Å². The van der Waals surface area contributed by atoms with Gasteiger partial charge in [-0.05, 0) is 12.1 Å². The summed E-state index contributed by atoms with van der Waals surface area (Å²) in [6.45, 7) is 4.59. The van der Waals surface area contributed by atoms with Crippen LogP contribution in [-0.4, -0.2) is 67.7 Å². The summed E-state index contributed by atoms with van der Waals surface area (Å²) in [5.41, 5.74) is 2.47. The maximum Gasteiger partial charge on any atom is 0.490 e. The van der Waals surface area contributed by atoms with Crippen LogP contribution in [0, 0.1) is 5.82 Å². The molecule has 1 N–H and O–H groups in total. The van der Waals surface area contributed by atoms with Gasteiger partial charge in [-0.15, -0.1) is 11.3 Å². The summed E-state index contributed by atoms with van der Waals surface area (Å²) >= 11 is 1.70. The second kappa shape index (κ2) is 10.4. The van der Waals surface area contributed by atoms with Crippen molar-refractivity contribution in [2.24, 2.45) is 0 Å². The Kier molecular flexibility index (Phi) is 7.26. The molecule has 35 heavy (non-hydrogen) atoms. The number of hydrogen-bond donors (Lipinski definition) is 1. The molecule has 0 atom stereocenters. The largest absolute Gasteiger partial charge is 0.490 e. The van der Waals surface area contributed by atoms with Gasteiger partial charge in [0, 0.05) is 55.7 Å². The van der Waals surface area contributed by atoms with Crippen molar-refractivity contribution in [3.8, 4) is 11.3 Å². The Bertz CT molecular complexity index is 1290. The van der Waals surface area contributed by atoms with E-state index in [2.05, 4.69) is 24.8 Å². The molecule has 4 heterocycles. The van der Waals surface area contributed by atoms with E-state index in [4.69, 9.17) is 9.90 Å². The number of aromatic nitrogens is 4. The average Bonchev–Trinajstić information content (AvgIpc) is 3.49. The highest BCUT2D eigenvalue weighted by molar-refractivity contribution is 7.09. The Morgan fingerprint density at radius 3 is 2.46 bits per heavy atom. The Labute approximate surface area is 201 Å². The van der Waals surface area contributed by atoms with Gasteiger partial charge < -0.3 is 10.0 Å². The fraction of sp³-hybridized carbons (Fsp3) is 0.273. The van der Waals surface area contributed by atoms with E-state index < -0.39 is 12.1 Å². The fourth-order valence-electron chi connectivity index (χ4n) is 3.63. The van der Waals surface area contributed by atoms with Gasteiger partial charge in [-0.3, -0.25) is 9.30 Å². The third-order valence-electron chi connectivity index (χ3n) is 5.29. The summed E-state index contributed by atoms with van der Waals surface area (Å²) in [5, 5.41) is 10.3. The topological polar surface area (TPSA) is 86.9 Å². The smallest absolute Gasteiger partial charge is 0.475 e. The van der Waals surface area contributed by atoms with Gasteiger partial charge in [0.1, 0.15) is 10.8 Å². The first-order valence-electron chi connectivity index (χ1n) is 10.5. The second-order valence-electron chi connectivity index (χ2n) is 7.59. The zero-order valence-corrected chi connectivity index (χ0v) is 19.0. The van der Waals surface area contributed by atoms with Crippen LogP contribution in [0.2, 0.25) is 0 Å². The Morgan fingerprint density at radius 1 is 1.09 bits per heavy atom. The van der Waals surface area contributed by atoms with Crippen LogP contribution >= 0.6 is 11.3 Å². The molecule has 4 aromatic rings. The van der Waals surface area contributed by atoms with Gasteiger partial charge in [0.15, 0.2) is 11.5 Å². The molecule has 1 fully saturated rings. The number of anilines is 1. The fourth-order valence-corrected chi connectivity index (χ4v) is 4.29. The van der Waals surface area contributed by atoms with E-state index in [0.717, 1.165) is 60.5 Å². The van der Waals surface area contributed by atoms with Crippen molar-refractivity contribution in [1.29, 1.82) is 0 Å². The quantitative estimate of drug-likeness (QED) is 0.418. The summed E-state index contributed by atoms with van der Waals surface area (Å²) < 4.78 is 47.4. The lowest BCUT2D eigenvalue weighted by molar-refractivity contribution is -0.192. The highest BCUT2D eigenvalue weighted by Gasteiger charge is 2.38. The first kappa shape index (κ1) is 24.5. The van der Waals surface area contributed by atoms with E-state index in [1.165, 1.54) is 12.1 Å². The van der Waals surface area contributed by atoms with Gasteiger partial charge in [0.05, 0.1) is 18.4 Å². The van der Waals surface area contributed by atoms with Gasteiger partial charge in [0.25, 0.3) is 0 Å². The number of nitrogens with zero attached hydrogens (tertiary/aromatic N) is 6. The zero-order valence-electron chi connectivity index (χ0n) is 18.2. The molecule has 0 radical (unpaired) electrons. The molecule has 1 saturated heterocycles. The van der Waals surface area contributed by atoms with E-state index in [0.29, 0.717) is 0 Å². The van der Waals surface area contributed by atoms with Crippen molar-refractivity contribution in [3.05, 3.63) is 65.3 Å². The van der Waals surface area contributed by atoms with Crippen LogP contribution in [0.1, 0.15) is 5.01 Å². The SMILES string of the molecule is Fc1cccc(-c2cnc3c(N4CCN(Cc5nccs5)CC4)nccn23)c1.O=C(O)C(F)(F)F. The van der Waals surface area contributed by atoms with Crippen molar-refractivity contribution in [3.63, 3.8) is 0 Å². The third-order valence-corrected chi connectivity index (χ3v) is 6.05. The molecule has 0 amide bonds. The number of aliphatic carboxylic acids is 1. The molecule has 1 aliphatic rings. The highest BCUT2D eigenvalue weighted by atomic mass is 32.1. The molecular formula is C22H20F4N6O2S. The summed E-state index contributed by atoms with van der Waals surface area (Å²) in [6.07, 6.45) is 2.23. The number of benzene rings is 1. The maximum atomic E-state index is 13.6. The number of piperazine rings is 1. The molecule has 1 aliphatic heterocycles. The molecule has 0 saturated carbocycles. The second-order valence-corrected chi connectivity index (χ2v) is 8.57. The minimum atomic E-state index is -5.08. The highest BCUT2D eigenvalue weighted by Crippen LogP contribution is 2.26. The molecule has 3 aromatic heterocycles. The Balaban J connectivity index is 0.000000364. The molecule has 5 rings (SSSR count). The maximum absolute atomic E-state index is 13.6. The number of carboxylic acid groups (broad SMARTS) is 1. The molecule has 0 bridgehead atoms. The van der Waals surface area contributed by atoms with Crippen LogP contribution in [0.4, 0.5) is 23.4 Å².